The third-order valence-corrected chi connectivity index (χ3v) is 3.06. The Morgan fingerprint density at radius 2 is 2.00 bits per heavy atom. The van der Waals surface area contributed by atoms with Gasteiger partial charge < -0.3 is 10.1 Å². The first-order valence-corrected chi connectivity index (χ1v) is 6.21. The monoisotopic (exact) mass is 233 g/mol. The average Bonchev–Trinajstić information content (AvgIpc) is 2.02. The maximum atomic E-state index is 9.60. The van der Waals surface area contributed by atoms with E-state index in [9.17, 15) is 4.79 Å². The molecule has 1 N–H and O–H groups in total. The molecule has 1 rings (SSSR count). The summed E-state index contributed by atoms with van der Waals surface area (Å²) >= 11 is 2.06. The number of hydrogen-bond acceptors (Lipinski definition) is 4. The number of rotatable bonds is 1. The number of hydrogen-bond donors (Lipinski definition) is 1. The molecule has 0 aromatic carbocycles. The minimum atomic E-state index is -0.318. The minimum Gasteiger partial charge on any atom is -0.462 e. The fraction of sp³-hybridized carbons (Fsp3) is 0.909. The summed E-state index contributed by atoms with van der Waals surface area (Å²) in [5.41, 5.74) is -0.318. The number of thioether (sulfide) groups is 1. The lowest BCUT2D eigenvalue weighted by molar-refractivity contribution is -0.138. The second-order valence-corrected chi connectivity index (χ2v) is 6.91. The lowest BCUT2D eigenvalue weighted by Gasteiger charge is -2.29. The molecule has 0 aromatic heterocycles. The fourth-order valence-corrected chi connectivity index (χ4v) is 1.99. The Bertz CT molecular complexity index is 180. The lowest BCUT2D eigenvalue weighted by atomic mass is 10.2. The van der Waals surface area contributed by atoms with Crippen molar-refractivity contribution < 1.29 is 9.53 Å². The molecular weight excluding hydrogens is 210 g/mol. The van der Waals surface area contributed by atoms with E-state index in [1.165, 1.54) is 12.3 Å². The molecule has 1 aliphatic heterocycles. The van der Waals surface area contributed by atoms with Gasteiger partial charge in [-0.25, -0.2) is 0 Å². The van der Waals surface area contributed by atoms with Crippen molar-refractivity contribution in [3.8, 4) is 0 Å². The van der Waals surface area contributed by atoms with Gasteiger partial charge in [-0.15, -0.1) is 0 Å². The number of nitrogens with one attached hydrogen (secondary N) is 1. The smallest absolute Gasteiger partial charge is 0.293 e. The van der Waals surface area contributed by atoms with E-state index in [1.54, 1.807) is 0 Å². The lowest BCUT2D eigenvalue weighted by Crippen LogP contribution is -2.39. The van der Waals surface area contributed by atoms with Gasteiger partial charge in [-0.1, -0.05) is 0 Å². The summed E-state index contributed by atoms with van der Waals surface area (Å²) in [5, 5.41) is 3.35. The van der Waals surface area contributed by atoms with E-state index < -0.39 is 0 Å². The highest BCUT2D eigenvalue weighted by Gasteiger charge is 2.20. The zero-order valence-electron chi connectivity index (χ0n) is 10.4. The number of carbonyl (C=O) groups is 1. The molecule has 0 amide bonds. The molecule has 1 saturated heterocycles. The van der Waals surface area contributed by atoms with Crippen LogP contribution in [-0.2, 0) is 9.53 Å². The minimum absolute atomic E-state index is 0.318. The molecule has 1 fully saturated rings. The molecule has 0 atom stereocenters. The predicted molar refractivity (Wildman–Crippen MR) is 66.3 cm³/mol. The van der Waals surface area contributed by atoms with Crippen molar-refractivity contribution in [3.05, 3.63) is 0 Å². The van der Waals surface area contributed by atoms with E-state index in [-0.39, 0.29) is 5.60 Å². The highest BCUT2D eigenvalue weighted by Crippen LogP contribution is 2.24. The molecule has 0 unspecified atom stereocenters. The van der Waals surface area contributed by atoms with Crippen LogP contribution in [0.1, 0.15) is 34.6 Å². The molecular formula is C11H23NO2S. The van der Waals surface area contributed by atoms with Gasteiger partial charge >= 0.3 is 0 Å². The van der Waals surface area contributed by atoms with E-state index in [1.807, 2.05) is 20.8 Å². The number of carbonyl (C=O) groups excluding carboxylic acids is 1. The predicted octanol–water partition coefficient (Wildman–Crippen LogP) is 2.06. The zero-order valence-corrected chi connectivity index (χ0v) is 11.2. The Kier molecular flexibility index (Phi) is 6.29. The maximum absolute atomic E-state index is 9.60. The Labute approximate surface area is 97.3 Å². The molecule has 4 heteroatoms. The van der Waals surface area contributed by atoms with Crippen LogP contribution in [0, 0.1) is 0 Å². The fourth-order valence-electron chi connectivity index (χ4n) is 0.984. The normalized spacial score (nSPS) is 19.8. The van der Waals surface area contributed by atoms with Crippen LogP contribution in [0.5, 0.6) is 0 Å². The van der Waals surface area contributed by atoms with E-state index in [4.69, 9.17) is 0 Å². The van der Waals surface area contributed by atoms with Crippen LogP contribution in [0.4, 0.5) is 0 Å². The molecule has 0 aromatic rings. The molecule has 0 radical (unpaired) electrons. The average molecular weight is 233 g/mol. The van der Waals surface area contributed by atoms with Crippen molar-refractivity contribution in [2.24, 2.45) is 0 Å². The second kappa shape index (κ2) is 6.38. The van der Waals surface area contributed by atoms with Crippen LogP contribution in [0.2, 0.25) is 0 Å². The standard InChI is InChI=1S/C6H13NS.C5H10O2/c1-6(2)5-7-3-4-8-6;1-5(2,3)7-4-6/h7H,3-5H2,1-2H3;4H,1-3H3. The summed E-state index contributed by atoms with van der Waals surface area (Å²) in [6.07, 6.45) is 0. The van der Waals surface area contributed by atoms with Crippen molar-refractivity contribution >= 4 is 18.2 Å². The summed E-state index contributed by atoms with van der Waals surface area (Å²) in [4.78, 5) is 9.60. The summed E-state index contributed by atoms with van der Waals surface area (Å²) < 4.78 is 5.03. The van der Waals surface area contributed by atoms with Gasteiger partial charge in [-0.3, -0.25) is 4.79 Å². The van der Waals surface area contributed by atoms with Crippen LogP contribution in [0.25, 0.3) is 0 Å². The molecule has 1 aliphatic rings. The SMILES string of the molecule is CC(C)(C)OC=O.CC1(C)CNCCS1. The maximum Gasteiger partial charge on any atom is 0.293 e. The highest BCUT2D eigenvalue weighted by atomic mass is 32.2. The largest absolute Gasteiger partial charge is 0.462 e. The molecule has 3 nitrogen and oxygen atoms in total. The van der Waals surface area contributed by atoms with Crippen molar-refractivity contribution in [1.29, 1.82) is 0 Å². The Morgan fingerprint density at radius 3 is 2.13 bits per heavy atom. The van der Waals surface area contributed by atoms with Gasteiger partial charge in [0.1, 0.15) is 5.60 Å². The molecule has 0 aliphatic carbocycles. The first-order valence-electron chi connectivity index (χ1n) is 5.23. The van der Waals surface area contributed by atoms with Crippen LogP contribution < -0.4 is 5.32 Å². The van der Waals surface area contributed by atoms with Crippen molar-refractivity contribution in [2.75, 3.05) is 18.8 Å². The molecule has 90 valence electrons. The van der Waals surface area contributed by atoms with E-state index in [2.05, 4.69) is 35.7 Å². The van der Waals surface area contributed by atoms with Crippen molar-refractivity contribution in [2.45, 2.75) is 45.0 Å². The summed E-state index contributed by atoms with van der Waals surface area (Å²) in [5.74, 6) is 1.27. The second-order valence-electron chi connectivity index (χ2n) is 5.11. The van der Waals surface area contributed by atoms with Gasteiger partial charge in [0.2, 0.25) is 0 Å². The summed E-state index contributed by atoms with van der Waals surface area (Å²) in [6, 6.07) is 0. The van der Waals surface area contributed by atoms with E-state index in [0.717, 1.165) is 6.54 Å². The van der Waals surface area contributed by atoms with Crippen LogP contribution in [0.3, 0.4) is 0 Å². The Morgan fingerprint density at radius 1 is 1.40 bits per heavy atom. The molecule has 15 heavy (non-hydrogen) atoms. The quantitative estimate of drug-likeness (QED) is 0.704. The van der Waals surface area contributed by atoms with Crippen LogP contribution in [-0.4, -0.2) is 35.7 Å². The van der Waals surface area contributed by atoms with Crippen molar-refractivity contribution in [3.63, 3.8) is 0 Å². The first-order chi connectivity index (χ1) is 6.77. The molecule has 0 bridgehead atoms. The third-order valence-electron chi connectivity index (χ3n) is 1.72. The van der Waals surface area contributed by atoms with Gasteiger partial charge in [0.15, 0.2) is 0 Å². The van der Waals surface area contributed by atoms with Gasteiger partial charge in [-0.2, -0.15) is 11.8 Å². The molecule has 0 saturated carbocycles. The van der Waals surface area contributed by atoms with Gasteiger partial charge in [0.25, 0.3) is 6.47 Å². The Hall–Kier alpha value is -0.220. The van der Waals surface area contributed by atoms with E-state index >= 15 is 0 Å². The van der Waals surface area contributed by atoms with E-state index in [0.29, 0.717) is 11.2 Å². The number of ether oxygens (including phenoxy) is 1. The van der Waals surface area contributed by atoms with Gasteiger partial charge in [-0.05, 0) is 34.6 Å². The topological polar surface area (TPSA) is 38.3 Å². The van der Waals surface area contributed by atoms with Gasteiger partial charge in [0.05, 0.1) is 0 Å². The Balaban J connectivity index is 0.000000265. The zero-order chi connectivity index (χ0) is 11.9. The molecule has 0 spiro atoms. The van der Waals surface area contributed by atoms with Gasteiger partial charge in [0, 0.05) is 23.6 Å². The summed E-state index contributed by atoms with van der Waals surface area (Å²) in [7, 11) is 0. The highest BCUT2D eigenvalue weighted by molar-refractivity contribution is 8.00. The van der Waals surface area contributed by atoms with Crippen molar-refractivity contribution in [1.82, 2.24) is 5.32 Å². The summed E-state index contributed by atoms with van der Waals surface area (Å²) in [6.45, 7) is 12.8. The molecule has 1 heterocycles. The van der Waals surface area contributed by atoms with Crippen LogP contribution in [0.15, 0.2) is 0 Å². The third kappa shape index (κ3) is 10.1. The first kappa shape index (κ1) is 14.8. The van der Waals surface area contributed by atoms with Crippen LogP contribution >= 0.6 is 11.8 Å².